The van der Waals surface area contributed by atoms with Crippen molar-refractivity contribution in [2.24, 2.45) is 0 Å². The second kappa shape index (κ2) is 5.37. The molecule has 0 heterocycles. The van der Waals surface area contributed by atoms with Gasteiger partial charge in [-0.3, -0.25) is 0 Å². The Kier molecular flexibility index (Phi) is 3.87. The molecule has 0 saturated carbocycles. The minimum atomic E-state index is -1.83. The molecule has 0 radical (unpaired) electrons. The summed E-state index contributed by atoms with van der Waals surface area (Å²) in [5.74, 6) is 0. The lowest BCUT2D eigenvalue weighted by molar-refractivity contribution is 0.137. The molecule has 0 unspecified atom stereocenters. The Morgan fingerprint density at radius 2 is 1.62 bits per heavy atom. The molecule has 0 atom stereocenters. The van der Waals surface area contributed by atoms with Gasteiger partial charge in [0.25, 0.3) is 0 Å². The van der Waals surface area contributed by atoms with Crippen molar-refractivity contribution in [1.29, 1.82) is 5.26 Å². The number of hydrogen-bond donors (Lipinski definition) is 2. The van der Waals surface area contributed by atoms with Crippen LogP contribution in [0.4, 0.5) is 4.79 Å². The van der Waals surface area contributed by atoms with Crippen molar-refractivity contribution in [3.05, 3.63) is 48.0 Å². The number of benzene rings is 2. The molecular weight excluding hydrogens is 206 g/mol. The van der Waals surface area contributed by atoms with Gasteiger partial charge in [-0.15, -0.1) is 0 Å². The van der Waals surface area contributed by atoms with Gasteiger partial charge in [-0.05, 0) is 16.8 Å². The van der Waals surface area contributed by atoms with Gasteiger partial charge in [-0.1, -0.05) is 36.4 Å². The average molecular weight is 215 g/mol. The highest BCUT2D eigenvalue weighted by Gasteiger charge is 1.96. The highest BCUT2D eigenvalue weighted by Crippen LogP contribution is 2.16. The Morgan fingerprint density at radius 3 is 2.25 bits per heavy atom. The number of carbonyl (C=O) groups is 1. The van der Waals surface area contributed by atoms with Gasteiger partial charge in [0.05, 0.1) is 11.6 Å². The van der Waals surface area contributed by atoms with Crippen LogP contribution in [-0.2, 0) is 0 Å². The summed E-state index contributed by atoms with van der Waals surface area (Å²) in [5.41, 5.74) is 0.744. The maximum absolute atomic E-state index is 8.79. The van der Waals surface area contributed by atoms with Crippen molar-refractivity contribution in [3.63, 3.8) is 0 Å². The summed E-state index contributed by atoms with van der Waals surface area (Å²) in [6.45, 7) is 0. The number of carboxylic acid groups (broad SMARTS) is 2. The first kappa shape index (κ1) is 11.5. The van der Waals surface area contributed by atoms with Crippen LogP contribution >= 0.6 is 0 Å². The molecule has 0 fully saturated rings. The highest BCUT2D eigenvalue weighted by molar-refractivity contribution is 5.87. The molecule has 0 spiro atoms. The molecule has 0 amide bonds. The van der Waals surface area contributed by atoms with E-state index in [1.807, 2.05) is 42.5 Å². The van der Waals surface area contributed by atoms with E-state index in [0.29, 0.717) is 0 Å². The molecule has 0 aromatic heterocycles. The van der Waals surface area contributed by atoms with Crippen LogP contribution < -0.4 is 0 Å². The Morgan fingerprint density at radius 1 is 1.06 bits per heavy atom. The van der Waals surface area contributed by atoms with E-state index < -0.39 is 6.16 Å². The fraction of sp³-hybridized carbons (Fsp3) is 0. The van der Waals surface area contributed by atoms with E-state index in [2.05, 4.69) is 6.07 Å². The van der Waals surface area contributed by atoms with Crippen molar-refractivity contribution >= 4 is 16.9 Å². The molecule has 2 N–H and O–H groups in total. The van der Waals surface area contributed by atoms with Gasteiger partial charge in [0.15, 0.2) is 0 Å². The number of nitrogens with zero attached hydrogens (tertiary/aromatic N) is 1. The Hall–Kier alpha value is -2.54. The molecule has 16 heavy (non-hydrogen) atoms. The fourth-order valence-corrected chi connectivity index (χ4v) is 1.32. The molecule has 0 saturated heterocycles. The number of rotatable bonds is 0. The average Bonchev–Trinajstić information content (AvgIpc) is 2.27. The first-order valence-corrected chi connectivity index (χ1v) is 4.45. The van der Waals surface area contributed by atoms with E-state index in [0.717, 1.165) is 16.3 Å². The van der Waals surface area contributed by atoms with Gasteiger partial charge >= 0.3 is 6.16 Å². The van der Waals surface area contributed by atoms with Gasteiger partial charge in [-0.25, -0.2) is 4.79 Å². The Balaban J connectivity index is 0.000000280. The third kappa shape index (κ3) is 3.00. The second-order valence-electron chi connectivity index (χ2n) is 2.92. The Bertz CT molecular complexity index is 534. The summed E-state index contributed by atoms with van der Waals surface area (Å²) in [6.07, 6.45) is -1.83. The van der Waals surface area contributed by atoms with Crippen LogP contribution in [0.3, 0.4) is 0 Å². The highest BCUT2D eigenvalue weighted by atomic mass is 16.6. The van der Waals surface area contributed by atoms with Crippen molar-refractivity contribution in [2.45, 2.75) is 0 Å². The fourth-order valence-electron chi connectivity index (χ4n) is 1.32. The first-order chi connectivity index (χ1) is 7.65. The zero-order valence-corrected chi connectivity index (χ0v) is 8.29. The zero-order valence-electron chi connectivity index (χ0n) is 8.29. The lowest BCUT2D eigenvalue weighted by Crippen LogP contribution is -1.81. The van der Waals surface area contributed by atoms with Crippen LogP contribution in [0.1, 0.15) is 5.56 Å². The summed E-state index contributed by atoms with van der Waals surface area (Å²) in [6, 6.07) is 15.8. The minimum Gasteiger partial charge on any atom is -0.450 e. The monoisotopic (exact) mass is 215 g/mol. The molecule has 2 rings (SSSR count). The molecule has 0 aliphatic carbocycles. The molecule has 0 aliphatic heterocycles. The molecule has 2 aromatic rings. The lowest BCUT2D eigenvalue weighted by Gasteiger charge is -1.97. The molecule has 0 bridgehead atoms. The topological polar surface area (TPSA) is 81.3 Å². The summed E-state index contributed by atoms with van der Waals surface area (Å²) in [7, 11) is 0. The summed E-state index contributed by atoms with van der Waals surface area (Å²) in [5, 5.41) is 24.9. The van der Waals surface area contributed by atoms with Gasteiger partial charge < -0.3 is 10.2 Å². The van der Waals surface area contributed by atoms with Crippen LogP contribution in [0.25, 0.3) is 10.8 Å². The van der Waals surface area contributed by atoms with E-state index in [9.17, 15) is 0 Å². The summed E-state index contributed by atoms with van der Waals surface area (Å²) >= 11 is 0. The smallest absolute Gasteiger partial charge is 0.450 e. The van der Waals surface area contributed by atoms with Gasteiger partial charge in [0.1, 0.15) is 0 Å². The summed E-state index contributed by atoms with van der Waals surface area (Å²) in [4.78, 5) is 8.56. The number of nitriles is 1. The largest absolute Gasteiger partial charge is 0.503 e. The van der Waals surface area contributed by atoms with Crippen LogP contribution in [0.15, 0.2) is 42.5 Å². The van der Waals surface area contributed by atoms with Gasteiger partial charge in [0.2, 0.25) is 0 Å². The van der Waals surface area contributed by atoms with E-state index >= 15 is 0 Å². The molecule has 0 aliphatic rings. The van der Waals surface area contributed by atoms with Crippen molar-refractivity contribution < 1.29 is 15.0 Å². The maximum atomic E-state index is 8.79. The van der Waals surface area contributed by atoms with Gasteiger partial charge in [-0.2, -0.15) is 5.26 Å². The van der Waals surface area contributed by atoms with Gasteiger partial charge in [0, 0.05) is 0 Å². The van der Waals surface area contributed by atoms with Crippen LogP contribution in [-0.4, -0.2) is 16.4 Å². The van der Waals surface area contributed by atoms with Crippen LogP contribution in [0.5, 0.6) is 0 Å². The molecule has 4 heteroatoms. The molecular formula is C12H9NO3. The molecule has 80 valence electrons. The first-order valence-electron chi connectivity index (χ1n) is 4.45. The standard InChI is InChI=1S/C11H7N.CH2O3/c12-8-10-6-3-5-9-4-1-2-7-11(9)10;2-1(3)4/h1-7H;(H2,2,3,4). The number of fused-ring (bicyclic) bond motifs is 1. The van der Waals surface area contributed by atoms with Crippen LogP contribution in [0.2, 0.25) is 0 Å². The summed E-state index contributed by atoms with van der Waals surface area (Å²) < 4.78 is 0. The van der Waals surface area contributed by atoms with Crippen molar-refractivity contribution in [3.8, 4) is 6.07 Å². The maximum Gasteiger partial charge on any atom is 0.503 e. The SMILES string of the molecule is N#Cc1cccc2ccccc12.O=C(O)O. The Labute approximate surface area is 92.0 Å². The third-order valence-electron chi connectivity index (χ3n) is 1.91. The quantitative estimate of drug-likeness (QED) is 0.707. The van der Waals surface area contributed by atoms with Crippen LogP contribution in [0, 0.1) is 11.3 Å². The van der Waals surface area contributed by atoms with E-state index in [-0.39, 0.29) is 0 Å². The normalized spacial score (nSPS) is 8.69. The minimum absolute atomic E-state index is 0.744. The van der Waals surface area contributed by atoms with Crippen molar-refractivity contribution in [2.75, 3.05) is 0 Å². The number of hydrogen-bond acceptors (Lipinski definition) is 2. The lowest BCUT2D eigenvalue weighted by atomic mass is 10.1. The third-order valence-corrected chi connectivity index (χ3v) is 1.91. The zero-order chi connectivity index (χ0) is 12.0. The van der Waals surface area contributed by atoms with E-state index in [4.69, 9.17) is 20.3 Å². The van der Waals surface area contributed by atoms with E-state index in [1.165, 1.54) is 0 Å². The molecule has 2 aromatic carbocycles. The predicted molar refractivity (Wildman–Crippen MR) is 59.3 cm³/mol. The van der Waals surface area contributed by atoms with E-state index in [1.54, 1.807) is 0 Å². The second-order valence-corrected chi connectivity index (χ2v) is 2.92. The predicted octanol–water partition coefficient (Wildman–Crippen LogP) is 2.93. The van der Waals surface area contributed by atoms with Crippen molar-refractivity contribution in [1.82, 2.24) is 0 Å². The molecule has 4 nitrogen and oxygen atoms in total.